The van der Waals surface area contributed by atoms with Gasteiger partial charge in [-0.3, -0.25) is 0 Å². The van der Waals surface area contributed by atoms with Crippen LogP contribution in [0, 0.1) is 0 Å². The lowest BCUT2D eigenvalue weighted by Gasteiger charge is -2.18. The third kappa shape index (κ3) is 3.14. The first-order valence-corrected chi connectivity index (χ1v) is 7.04. The fraction of sp³-hybridized carbons (Fsp3) is 0.200. The molecule has 94 valence electrons. The smallest absolute Gasteiger partial charge is 0.0595 e. The summed E-state index contributed by atoms with van der Waals surface area (Å²) in [5.41, 5.74) is 2.42. The number of hydrogen-bond acceptors (Lipinski definition) is 1. The number of nitrogens with one attached hydrogen (secondary N) is 1. The largest absolute Gasteiger partial charge is 0.313 e. The Morgan fingerprint density at radius 1 is 1.11 bits per heavy atom. The van der Waals surface area contributed by atoms with Gasteiger partial charge in [-0.15, -0.1) is 0 Å². The van der Waals surface area contributed by atoms with Crippen molar-refractivity contribution in [3.8, 4) is 0 Å². The molecule has 1 nitrogen and oxygen atoms in total. The molecule has 1 atom stereocenters. The van der Waals surface area contributed by atoms with Crippen LogP contribution in [0.3, 0.4) is 0 Å². The van der Waals surface area contributed by atoms with Gasteiger partial charge in [0, 0.05) is 10.5 Å². The highest BCUT2D eigenvalue weighted by molar-refractivity contribution is 9.10. The first kappa shape index (κ1) is 13.6. The highest BCUT2D eigenvalue weighted by Crippen LogP contribution is 2.31. The Hall–Kier alpha value is -0.830. The molecule has 2 aromatic rings. The van der Waals surface area contributed by atoms with Crippen molar-refractivity contribution in [2.24, 2.45) is 0 Å². The molecule has 0 bridgehead atoms. The van der Waals surface area contributed by atoms with Crippen LogP contribution in [0.1, 0.15) is 17.2 Å². The van der Waals surface area contributed by atoms with E-state index in [1.54, 1.807) is 0 Å². The molecule has 0 aliphatic rings. The van der Waals surface area contributed by atoms with Gasteiger partial charge < -0.3 is 5.32 Å². The zero-order chi connectivity index (χ0) is 13.0. The standard InChI is InChI=1S/C15H15BrClN/c1-18-14(10-11-6-3-2-4-7-11)12-8-5-9-13(16)15(12)17/h2-9,14,18H,10H2,1H3. The van der Waals surface area contributed by atoms with E-state index >= 15 is 0 Å². The minimum atomic E-state index is 0.220. The van der Waals surface area contributed by atoms with Crippen molar-refractivity contribution in [3.63, 3.8) is 0 Å². The molecule has 0 saturated carbocycles. The molecule has 0 fully saturated rings. The van der Waals surface area contributed by atoms with Gasteiger partial charge >= 0.3 is 0 Å². The molecule has 0 heterocycles. The van der Waals surface area contributed by atoms with E-state index in [2.05, 4.69) is 51.6 Å². The van der Waals surface area contributed by atoms with Gasteiger partial charge in [-0.1, -0.05) is 54.1 Å². The summed E-state index contributed by atoms with van der Waals surface area (Å²) in [5.74, 6) is 0. The van der Waals surface area contributed by atoms with Crippen molar-refractivity contribution in [2.45, 2.75) is 12.5 Å². The molecular formula is C15H15BrClN. The summed E-state index contributed by atoms with van der Waals surface area (Å²) < 4.78 is 0.940. The van der Waals surface area contributed by atoms with E-state index < -0.39 is 0 Å². The molecule has 0 aliphatic heterocycles. The minimum absolute atomic E-state index is 0.220. The van der Waals surface area contributed by atoms with Crippen LogP contribution in [0.4, 0.5) is 0 Å². The molecule has 2 aromatic carbocycles. The van der Waals surface area contributed by atoms with E-state index in [1.165, 1.54) is 5.56 Å². The summed E-state index contributed by atoms with van der Waals surface area (Å²) in [6, 6.07) is 16.7. The van der Waals surface area contributed by atoms with Crippen molar-refractivity contribution in [1.29, 1.82) is 0 Å². The lowest BCUT2D eigenvalue weighted by Crippen LogP contribution is -2.19. The molecule has 2 rings (SSSR count). The van der Waals surface area contributed by atoms with Crippen molar-refractivity contribution >= 4 is 27.5 Å². The molecule has 0 amide bonds. The Bertz CT molecular complexity index is 513. The zero-order valence-electron chi connectivity index (χ0n) is 10.2. The van der Waals surface area contributed by atoms with Crippen molar-refractivity contribution in [2.75, 3.05) is 7.05 Å². The van der Waals surface area contributed by atoms with Crippen LogP contribution < -0.4 is 5.32 Å². The Morgan fingerprint density at radius 2 is 1.83 bits per heavy atom. The predicted molar refractivity (Wildman–Crippen MR) is 81.1 cm³/mol. The maximum absolute atomic E-state index is 6.35. The molecule has 1 N–H and O–H groups in total. The van der Waals surface area contributed by atoms with Crippen molar-refractivity contribution in [1.82, 2.24) is 5.32 Å². The summed E-state index contributed by atoms with van der Waals surface area (Å²) in [6.07, 6.45) is 0.924. The topological polar surface area (TPSA) is 12.0 Å². The van der Waals surface area contributed by atoms with Gasteiger partial charge in [-0.05, 0) is 46.6 Å². The van der Waals surface area contributed by atoms with E-state index in [4.69, 9.17) is 11.6 Å². The number of likely N-dealkylation sites (N-methyl/N-ethyl adjacent to an activating group) is 1. The SMILES string of the molecule is CNC(Cc1ccccc1)c1cccc(Br)c1Cl. The van der Waals surface area contributed by atoms with Gasteiger partial charge in [-0.25, -0.2) is 0 Å². The Labute approximate surface area is 121 Å². The van der Waals surface area contributed by atoms with Gasteiger partial charge in [-0.2, -0.15) is 0 Å². The fourth-order valence-corrected chi connectivity index (χ4v) is 2.65. The number of benzene rings is 2. The van der Waals surface area contributed by atoms with Gasteiger partial charge in [0.25, 0.3) is 0 Å². The molecule has 0 spiro atoms. The second-order valence-corrected chi connectivity index (χ2v) is 5.41. The van der Waals surface area contributed by atoms with E-state index in [0.29, 0.717) is 0 Å². The fourth-order valence-electron chi connectivity index (χ4n) is 2.01. The van der Waals surface area contributed by atoms with Crippen LogP contribution >= 0.6 is 27.5 Å². The summed E-state index contributed by atoms with van der Waals surface area (Å²) >= 11 is 9.82. The van der Waals surface area contributed by atoms with Gasteiger partial charge in [0.2, 0.25) is 0 Å². The monoisotopic (exact) mass is 323 g/mol. The third-order valence-corrected chi connectivity index (χ3v) is 4.30. The number of rotatable bonds is 4. The van der Waals surface area contributed by atoms with Crippen LogP contribution in [0.15, 0.2) is 53.0 Å². The van der Waals surface area contributed by atoms with Gasteiger partial charge in [0.15, 0.2) is 0 Å². The van der Waals surface area contributed by atoms with Crippen LogP contribution in [0.2, 0.25) is 5.02 Å². The summed E-state index contributed by atoms with van der Waals surface area (Å²) in [5, 5.41) is 4.11. The van der Waals surface area contributed by atoms with Crippen LogP contribution in [-0.2, 0) is 6.42 Å². The molecule has 18 heavy (non-hydrogen) atoms. The highest BCUT2D eigenvalue weighted by Gasteiger charge is 2.14. The van der Waals surface area contributed by atoms with Gasteiger partial charge in [0.1, 0.15) is 0 Å². The highest BCUT2D eigenvalue weighted by atomic mass is 79.9. The summed E-state index contributed by atoms with van der Waals surface area (Å²) in [6.45, 7) is 0. The van der Waals surface area contributed by atoms with Crippen LogP contribution in [0.5, 0.6) is 0 Å². The second kappa shape index (κ2) is 6.37. The second-order valence-electron chi connectivity index (χ2n) is 4.17. The van der Waals surface area contributed by atoms with E-state index in [9.17, 15) is 0 Å². The molecule has 3 heteroatoms. The quantitative estimate of drug-likeness (QED) is 0.866. The molecular weight excluding hydrogens is 310 g/mol. The summed E-state index contributed by atoms with van der Waals surface area (Å²) in [4.78, 5) is 0. The maximum atomic E-state index is 6.35. The van der Waals surface area contributed by atoms with Crippen molar-refractivity contribution in [3.05, 3.63) is 69.2 Å². The number of halogens is 2. The zero-order valence-corrected chi connectivity index (χ0v) is 12.5. The normalized spacial score (nSPS) is 12.4. The molecule has 0 radical (unpaired) electrons. The number of hydrogen-bond donors (Lipinski definition) is 1. The first-order chi connectivity index (χ1) is 8.72. The molecule has 0 aromatic heterocycles. The van der Waals surface area contributed by atoms with E-state index in [-0.39, 0.29) is 6.04 Å². The van der Waals surface area contributed by atoms with Crippen LogP contribution in [0.25, 0.3) is 0 Å². The Kier molecular flexibility index (Phi) is 4.81. The van der Waals surface area contributed by atoms with Crippen LogP contribution in [-0.4, -0.2) is 7.05 Å². The average molecular weight is 325 g/mol. The molecule has 0 aliphatic carbocycles. The van der Waals surface area contributed by atoms with E-state index in [0.717, 1.165) is 21.5 Å². The van der Waals surface area contributed by atoms with E-state index in [1.807, 2.05) is 25.2 Å². The molecule has 0 saturated heterocycles. The lowest BCUT2D eigenvalue weighted by atomic mass is 9.99. The average Bonchev–Trinajstić information content (AvgIpc) is 2.41. The van der Waals surface area contributed by atoms with Crippen molar-refractivity contribution < 1.29 is 0 Å². The predicted octanol–water partition coefficient (Wildman–Crippen LogP) is 4.61. The minimum Gasteiger partial charge on any atom is -0.313 e. The third-order valence-electron chi connectivity index (χ3n) is 2.99. The van der Waals surface area contributed by atoms with Gasteiger partial charge in [0.05, 0.1) is 5.02 Å². The summed E-state index contributed by atoms with van der Waals surface area (Å²) in [7, 11) is 1.96. The maximum Gasteiger partial charge on any atom is 0.0595 e. The Morgan fingerprint density at radius 3 is 2.50 bits per heavy atom. The first-order valence-electron chi connectivity index (χ1n) is 5.87. The lowest BCUT2D eigenvalue weighted by molar-refractivity contribution is 0.592. The Balaban J connectivity index is 2.26. The molecule has 1 unspecified atom stereocenters.